The number of rotatable bonds is 10. The van der Waals surface area contributed by atoms with Gasteiger partial charge in [0.1, 0.15) is 18.1 Å². The van der Waals surface area contributed by atoms with E-state index in [1.165, 1.54) is 0 Å². The van der Waals surface area contributed by atoms with E-state index in [-0.39, 0.29) is 36.2 Å². The molecule has 0 aromatic heterocycles. The second-order valence-electron chi connectivity index (χ2n) is 8.21. The summed E-state index contributed by atoms with van der Waals surface area (Å²) >= 11 is 0. The first kappa shape index (κ1) is 21.6. The van der Waals surface area contributed by atoms with Gasteiger partial charge in [-0.1, -0.05) is 56.3 Å². The van der Waals surface area contributed by atoms with Crippen molar-refractivity contribution in [1.82, 2.24) is 0 Å². The number of carbonyl (C=O) groups is 2. The van der Waals surface area contributed by atoms with Crippen LogP contribution in [0.2, 0.25) is 0 Å². The molecule has 0 saturated heterocycles. The molecular formula is C25H28O5. The minimum atomic E-state index is -0.783. The minimum Gasteiger partial charge on any atom is -0.481 e. The molecule has 2 aromatic carbocycles. The van der Waals surface area contributed by atoms with Crippen LogP contribution < -0.4 is 4.74 Å². The van der Waals surface area contributed by atoms with E-state index in [2.05, 4.69) is 13.8 Å². The Morgan fingerprint density at radius 2 is 1.80 bits per heavy atom. The molecule has 1 N–H and O–H groups in total. The fourth-order valence-corrected chi connectivity index (χ4v) is 3.67. The van der Waals surface area contributed by atoms with E-state index < -0.39 is 5.97 Å². The molecule has 5 nitrogen and oxygen atoms in total. The number of benzene rings is 2. The number of para-hydroxylation sites is 1. The van der Waals surface area contributed by atoms with E-state index in [1.807, 2.05) is 66.7 Å². The highest BCUT2D eigenvalue weighted by Gasteiger charge is 2.61. The molecule has 1 saturated carbocycles. The van der Waals surface area contributed by atoms with E-state index in [0.717, 1.165) is 11.3 Å². The van der Waals surface area contributed by atoms with Crippen LogP contribution in [0.1, 0.15) is 38.7 Å². The summed E-state index contributed by atoms with van der Waals surface area (Å²) in [6.45, 7) is 4.31. The maximum atomic E-state index is 12.6. The largest absolute Gasteiger partial charge is 0.481 e. The predicted octanol–water partition coefficient (Wildman–Crippen LogP) is 5.61. The third kappa shape index (κ3) is 5.72. The van der Waals surface area contributed by atoms with E-state index in [9.17, 15) is 9.59 Å². The lowest BCUT2D eigenvalue weighted by atomic mass is 10.1. The molecule has 5 heteroatoms. The summed E-state index contributed by atoms with van der Waals surface area (Å²) in [6, 6.07) is 17.1. The number of carbonyl (C=O) groups excluding carboxylic acids is 1. The second kappa shape index (κ2) is 9.61. The highest BCUT2D eigenvalue weighted by Crippen LogP contribution is 2.59. The summed E-state index contributed by atoms with van der Waals surface area (Å²) < 4.78 is 11.4. The molecule has 1 fully saturated rings. The van der Waals surface area contributed by atoms with Crippen LogP contribution in [0.25, 0.3) is 0 Å². The Balaban J connectivity index is 1.50. The van der Waals surface area contributed by atoms with E-state index in [0.29, 0.717) is 18.6 Å². The van der Waals surface area contributed by atoms with Crippen LogP contribution in [0.3, 0.4) is 0 Å². The number of allylic oxidation sites excluding steroid dienone is 2. The highest BCUT2D eigenvalue weighted by atomic mass is 16.5. The molecule has 1 aliphatic rings. The number of esters is 1. The molecule has 0 aliphatic heterocycles. The van der Waals surface area contributed by atoms with E-state index in [1.54, 1.807) is 0 Å². The lowest BCUT2D eigenvalue weighted by molar-refractivity contribution is -0.147. The zero-order valence-corrected chi connectivity index (χ0v) is 17.4. The Labute approximate surface area is 177 Å². The van der Waals surface area contributed by atoms with Crippen LogP contribution in [0.4, 0.5) is 0 Å². The first-order chi connectivity index (χ1) is 14.4. The standard InChI is InChI=1S/C25H28O5/c1-25(2)21(14-7-4-8-15-22(26)27)23(25)24(28)29-17-18-10-9-13-20(16-18)30-19-11-5-3-6-12-19/h3,5-7,9-14,16,21,23H,4,8,15,17H2,1-2H3,(H,26,27)/b14-7+. The molecule has 30 heavy (non-hydrogen) atoms. The van der Waals surface area contributed by atoms with Crippen LogP contribution >= 0.6 is 0 Å². The first-order valence-corrected chi connectivity index (χ1v) is 10.2. The molecule has 2 unspecified atom stereocenters. The Bertz CT molecular complexity index is 901. The van der Waals surface area contributed by atoms with Crippen LogP contribution in [0, 0.1) is 17.3 Å². The zero-order valence-electron chi connectivity index (χ0n) is 17.4. The number of carboxylic acids is 1. The van der Waals surface area contributed by atoms with Crippen LogP contribution in [0.5, 0.6) is 11.5 Å². The molecule has 2 atom stereocenters. The van der Waals surface area contributed by atoms with Gasteiger partial charge in [-0.05, 0) is 54.0 Å². The molecule has 0 bridgehead atoms. The fraction of sp³-hybridized carbons (Fsp3) is 0.360. The smallest absolute Gasteiger partial charge is 0.310 e. The monoisotopic (exact) mass is 408 g/mol. The van der Waals surface area contributed by atoms with Crippen LogP contribution in [-0.2, 0) is 20.9 Å². The lowest BCUT2D eigenvalue weighted by Gasteiger charge is -2.09. The van der Waals surface area contributed by atoms with Crippen molar-refractivity contribution in [2.75, 3.05) is 0 Å². The zero-order chi connectivity index (χ0) is 21.6. The van der Waals surface area contributed by atoms with Gasteiger partial charge >= 0.3 is 11.9 Å². The van der Waals surface area contributed by atoms with Gasteiger partial charge in [-0.25, -0.2) is 0 Å². The topological polar surface area (TPSA) is 72.8 Å². The Hall–Kier alpha value is -3.08. The number of carboxylic acid groups (broad SMARTS) is 1. The summed E-state index contributed by atoms with van der Waals surface area (Å²) in [7, 11) is 0. The number of ether oxygens (including phenoxy) is 2. The number of hydrogen-bond acceptors (Lipinski definition) is 4. The molecule has 1 aliphatic carbocycles. The maximum absolute atomic E-state index is 12.6. The summed E-state index contributed by atoms with van der Waals surface area (Å²) in [4.78, 5) is 23.2. The Kier molecular flexibility index (Phi) is 6.93. The average molecular weight is 408 g/mol. The van der Waals surface area contributed by atoms with Crippen molar-refractivity contribution in [2.45, 2.75) is 39.7 Å². The van der Waals surface area contributed by atoms with Gasteiger partial charge < -0.3 is 14.6 Å². The molecule has 2 aromatic rings. The van der Waals surface area contributed by atoms with Gasteiger partial charge in [-0.15, -0.1) is 0 Å². The van der Waals surface area contributed by atoms with Gasteiger partial charge in [0.05, 0.1) is 5.92 Å². The number of aliphatic carboxylic acids is 1. The molecular weight excluding hydrogens is 380 g/mol. The average Bonchev–Trinajstić information content (AvgIpc) is 3.27. The maximum Gasteiger partial charge on any atom is 0.310 e. The summed E-state index contributed by atoms with van der Waals surface area (Å²) in [5.41, 5.74) is 0.731. The third-order valence-corrected chi connectivity index (χ3v) is 5.53. The molecule has 0 spiro atoms. The minimum absolute atomic E-state index is 0.127. The summed E-state index contributed by atoms with van der Waals surface area (Å²) in [6.07, 6.45) is 5.48. The summed E-state index contributed by atoms with van der Waals surface area (Å²) in [5.74, 6) is 0.428. The van der Waals surface area contributed by atoms with E-state index in [4.69, 9.17) is 14.6 Å². The SMILES string of the molecule is CC1(C)C(/C=C/CCCC(=O)O)C1C(=O)OCc1cccc(Oc2ccccc2)c1. The van der Waals surface area contributed by atoms with Gasteiger partial charge in [-0.3, -0.25) is 9.59 Å². The molecule has 158 valence electrons. The Morgan fingerprint density at radius 1 is 1.07 bits per heavy atom. The first-order valence-electron chi connectivity index (χ1n) is 10.2. The van der Waals surface area contributed by atoms with Gasteiger partial charge in [0.2, 0.25) is 0 Å². The van der Waals surface area contributed by atoms with Crippen molar-refractivity contribution in [2.24, 2.45) is 17.3 Å². The van der Waals surface area contributed by atoms with Crippen molar-refractivity contribution in [3.63, 3.8) is 0 Å². The second-order valence-corrected chi connectivity index (χ2v) is 8.21. The number of unbranched alkanes of at least 4 members (excludes halogenated alkanes) is 1. The quantitative estimate of drug-likeness (QED) is 0.314. The van der Waals surface area contributed by atoms with Gasteiger partial charge in [0.25, 0.3) is 0 Å². The van der Waals surface area contributed by atoms with Gasteiger partial charge in [-0.2, -0.15) is 0 Å². The molecule has 0 heterocycles. The predicted molar refractivity (Wildman–Crippen MR) is 114 cm³/mol. The van der Waals surface area contributed by atoms with E-state index >= 15 is 0 Å². The summed E-state index contributed by atoms with van der Waals surface area (Å²) in [5, 5.41) is 8.68. The van der Waals surface area contributed by atoms with Crippen LogP contribution in [0.15, 0.2) is 66.7 Å². The highest BCUT2D eigenvalue weighted by molar-refractivity contribution is 5.78. The molecule has 3 rings (SSSR count). The fourth-order valence-electron chi connectivity index (χ4n) is 3.67. The van der Waals surface area contributed by atoms with Crippen molar-refractivity contribution >= 4 is 11.9 Å². The van der Waals surface area contributed by atoms with Crippen molar-refractivity contribution in [1.29, 1.82) is 0 Å². The lowest BCUT2D eigenvalue weighted by Crippen LogP contribution is -2.10. The third-order valence-electron chi connectivity index (χ3n) is 5.53. The molecule has 0 amide bonds. The molecule has 0 radical (unpaired) electrons. The van der Waals surface area contributed by atoms with Crippen molar-refractivity contribution in [3.05, 3.63) is 72.3 Å². The van der Waals surface area contributed by atoms with Gasteiger partial charge in [0.15, 0.2) is 0 Å². The van der Waals surface area contributed by atoms with Crippen LogP contribution in [-0.4, -0.2) is 17.0 Å². The van der Waals surface area contributed by atoms with Crippen molar-refractivity contribution < 1.29 is 24.2 Å². The normalized spacial score (nSPS) is 19.4. The van der Waals surface area contributed by atoms with Crippen molar-refractivity contribution in [3.8, 4) is 11.5 Å². The number of hydrogen-bond donors (Lipinski definition) is 1. The van der Waals surface area contributed by atoms with Gasteiger partial charge in [0, 0.05) is 6.42 Å². The Morgan fingerprint density at radius 3 is 2.53 bits per heavy atom.